The zero-order valence-electron chi connectivity index (χ0n) is 7.95. The maximum Gasteiger partial charge on any atom is 0.501 e. The van der Waals surface area contributed by atoms with E-state index in [1.54, 1.807) is 0 Å². The number of nitrogens with zero attached hydrogens (tertiary/aromatic N) is 1. The molecule has 1 aliphatic rings. The van der Waals surface area contributed by atoms with E-state index in [2.05, 4.69) is 10.6 Å². The standard InChI is InChI=1S/C8H4F3N2O3S/c9-8(10,11)17(15,16)4-1-2-5-6(3-4)13-7(14)12-5/h1-3H,(H,12,14). The SMILES string of the molecule is O=C1[N]c2cc(S(=O)(=O)C(F)(F)F)ccc2N1. The van der Waals surface area contributed by atoms with Gasteiger partial charge in [-0.3, -0.25) is 0 Å². The van der Waals surface area contributed by atoms with Crippen molar-refractivity contribution in [2.24, 2.45) is 0 Å². The third-order valence-electron chi connectivity index (χ3n) is 2.05. The van der Waals surface area contributed by atoms with Crippen molar-refractivity contribution < 1.29 is 26.4 Å². The highest BCUT2D eigenvalue weighted by Gasteiger charge is 2.47. The van der Waals surface area contributed by atoms with Crippen LogP contribution in [-0.2, 0) is 9.84 Å². The van der Waals surface area contributed by atoms with Crippen LogP contribution in [0.2, 0.25) is 0 Å². The molecule has 1 aromatic carbocycles. The van der Waals surface area contributed by atoms with E-state index < -0.39 is 26.3 Å². The minimum absolute atomic E-state index is 0.125. The predicted molar refractivity (Wildman–Crippen MR) is 50.5 cm³/mol. The van der Waals surface area contributed by atoms with Crippen LogP contribution in [0.5, 0.6) is 0 Å². The lowest BCUT2D eigenvalue weighted by Crippen LogP contribution is -2.23. The van der Waals surface area contributed by atoms with Crippen molar-refractivity contribution in [1.29, 1.82) is 0 Å². The Morgan fingerprint density at radius 3 is 2.47 bits per heavy atom. The number of rotatable bonds is 1. The Kier molecular flexibility index (Phi) is 2.31. The molecule has 0 spiro atoms. The quantitative estimate of drug-likeness (QED) is 0.840. The minimum Gasteiger partial charge on any atom is -0.304 e. The molecule has 2 amide bonds. The second-order valence-corrected chi connectivity index (χ2v) is 5.11. The molecule has 0 aliphatic carbocycles. The molecular formula is C8H4F3N2O3S. The fraction of sp³-hybridized carbons (Fsp3) is 0.125. The molecule has 1 radical (unpaired) electrons. The van der Waals surface area contributed by atoms with Gasteiger partial charge in [0.25, 0.3) is 9.84 Å². The number of halogens is 3. The molecule has 0 saturated carbocycles. The van der Waals surface area contributed by atoms with Crippen LogP contribution in [0.4, 0.5) is 29.3 Å². The molecule has 1 heterocycles. The average Bonchev–Trinajstić information content (AvgIpc) is 2.54. The lowest BCUT2D eigenvalue weighted by atomic mass is 10.3. The number of amides is 2. The second-order valence-electron chi connectivity index (χ2n) is 3.17. The topological polar surface area (TPSA) is 77.3 Å². The van der Waals surface area contributed by atoms with Crippen LogP contribution >= 0.6 is 0 Å². The van der Waals surface area contributed by atoms with Crippen LogP contribution in [0, 0.1) is 0 Å². The van der Waals surface area contributed by atoms with E-state index >= 15 is 0 Å². The molecular weight excluding hydrogens is 261 g/mol. The molecule has 0 atom stereocenters. The molecule has 0 unspecified atom stereocenters. The summed E-state index contributed by atoms with van der Waals surface area (Å²) in [5.41, 5.74) is -5.33. The zero-order chi connectivity index (χ0) is 12.8. The molecule has 1 N–H and O–H groups in total. The number of benzene rings is 1. The number of fused-ring (bicyclic) bond motifs is 1. The van der Waals surface area contributed by atoms with E-state index in [1.165, 1.54) is 0 Å². The number of anilines is 1. The van der Waals surface area contributed by atoms with Gasteiger partial charge in [0.15, 0.2) is 0 Å². The van der Waals surface area contributed by atoms with E-state index in [4.69, 9.17) is 0 Å². The Morgan fingerprint density at radius 2 is 1.88 bits per heavy atom. The van der Waals surface area contributed by atoms with Crippen molar-refractivity contribution in [2.45, 2.75) is 10.4 Å². The van der Waals surface area contributed by atoms with E-state index in [0.717, 1.165) is 12.1 Å². The van der Waals surface area contributed by atoms with Crippen molar-refractivity contribution in [2.75, 3.05) is 5.32 Å². The first kappa shape index (κ1) is 11.7. The molecule has 5 nitrogen and oxygen atoms in total. The Morgan fingerprint density at radius 1 is 1.24 bits per heavy atom. The van der Waals surface area contributed by atoms with Crippen molar-refractivity contribution in [3.05, 3.63) is 18.2 Å². The highest BCUT2D eigenvalue weighted by atomic mass is 32.2. The summed E-state index contributed by atoms with van der Waals surface area (Å²) in [7, 11) is -5.41. The van der Waals surface area contributed by atoms with Crippen molar-refractivity contribution in [3.8, 4) is 0 Å². The van der Waals surface area contributed by atoms with Gasteiger partial charge < -0.3 is 5.32 Å². The zero-order valence-corrected chi connectivity index (χ0v) is 8.76. The summed E-state index contributed by atoms with van der Waals surface area (Å²) in [5, 5.41) is 5.56. The Labute approximate surface area is 93.5 Å². The summed E-state index contributed by atoms with van der Waals surface area (Å²) < 4.78 is 58.9. The molecule has 0 fully saturated rings. The van der Waals surface area contributed by atoms with Gasteiger partial charge in [0.2, 0.25) is 0 Å². The lowest BCUT2D eigenvalue weighted by molar-refractivity contribution is -0.0435. The Balaban J connectivity index is 2.51. The highest BCUT2D eigenvalue weighted by Crippen LogP contribution is 2.35. The summed E-state index contributed by atoms with van der Waals surface area (Å²) in [4.78, 5) is 9.87. The first-order chi connectivity index (χ1) is 7.72. The van der Waals surface area contributed by atoms with Gasteiger partial charge in [0.05, 0.1) is 16.3 Å². The monoisotopic (exact) mass is 265 g/mol. The van der Waals surface area contributed by atoms with Crippen LogP contribution in [0.1, 0.15) is 0 Å². The maximum absolute atomic E-state index is 12.2. The molecule has 2 rings (SSSR count). The molecule has 1 aliphatic heterocycles. The number of hydrogen-bond acceptors (Lipinski definition) is 3. The number of alkyl halides is 3. The van der Waals surface area contributed by atoms with Crippen molar-refractivity contribution in [3.63, 3.8) is 0 Å². The van der Waals surface area contributed by atoms with Gasteiger partial charge in [-0.15, -0.1) is 0 Å². The maximum atomic E-state index is 12.2. The number of carbonyl (C=O) groups is 1. The number of sulfone groups is 1. The Bertz CT molecular complexity index is 595. The third kappa shape index (κ3) is 1.82. The summed E-state index contributed by atoms with van der Waals surface area (Å²) in [5.74, 6) is 0. The molecule has 0 aromatic heterocycles. The van der Waals surface area contributed by atoms with Gasteiger partial charge in [-0.2, -0.15) is 18.5 Å². The number of carbonyl (C=O) groups excluding carboxylic acids is 1. The fourth-order valence-electron chi connectivity index (χ4n) is 1.26. The molecule has 91 valence electrons. The molecule has 0 saturated heterocycles. The summed E-state index contributed by atoms with van der Waals surface area (Å²) >= 11 is 0. The van der Waals surface area contributed by atoms with Crippen LogP contribution in [0.25, 0.3) is 0 Å². The third-order valence-corrected chi connectivity index (χ3v) is 3.53. The van der Waals surface area contributed by atoms with Gasteiger partial charge in [-0.1, -0.05) is 0 Å². The summed E-state index contributed by atoms with van der Waals surface area (Å²) in [6.45, 7) is 0. The van der Waals surface area contributed by atoms with Gasteiger partial charge in [0, 0.05) is 0 Å². The van der Waals surface area contributed by atoms with Crippen LogP contribution < -0.4 is 10.6 Å². The number of urea groups is 1. The minimum atomic E-state index is -5.41. The average molecular weight is 265 g/mol. The Hall–Kier alpha value is -1.77. The highest BCUT2D eigenvalue weighted by molar-refractivity contribution is 7.92. The largest absolute Gasteiger partial charge is 0.501 e. The normalized spacial score (nSPS) is 15.1. The van der Waals surface area contributed by atoms with Crippen LogP contribution in [0.15, 0.2) is 23.1 Å². The van der Waals surface area contributed by atoms with Gasteiger partial charge in [-0.25, -0.2) is 13.2 Å². The number of hydrogen-bond donors (Lipinski definition) is 1. The molecule has 0 bridgehead atoms. The molecule has 17 heavy (non-hydrogen) atoms. The fourth-order valence-corrected chi connectivity index (χ4v) is 2.04. The van der Waals surface area contributed by atoms with E-state index in [1.807, 2.05) is 0 Å². The van der Waals surface area contributed by atoms with Crippen molar-refractivity contribution in [1.82, 2.24) is 5.32 Å². The van der Waals surface area contributed by atoms with Gasteiger partial charge in [0.1, 0.15) is 0 Å². The lowest BCUT2D eigenvalue weighted by Gasteiger charge is -2.08. The first-order valence-corrected chi connectivity index (χ1v) is 5.68. The van der Waals surface area contributed by atoms with E-state index in [9.17, 15) is 26.4 Å². The van der Waals surface area contributed by atoms with E-state index in [-0.39, 0.29) is 11.4 Å². The van der Waals surface area contributed by atoms with Gasteiger partial charge in [-0.05, 0) is 18.2 Å². The summed E-state index contributed by atoms with van der Waals surface area (Å²) in [6, 6.07) is 1.78. The number of nitrogens with one attached hydrogen (secondary N) is 1. The van der Waals surface area contributed by atoms with Gasteiger partial charge >= 0.3 is 11.5 Å². The second kappa shape index (κ2) is 3.36. The molecule has 1 aromatic rings. The molecule has 9 heteroatoms. The van der Waals surface area contributed by atoms with Crippen LogP contribution in [-0.4, -0.2) is 20.0 Å². The van der Waals surface area contributed by atoms with E-state index in [0.29, 0.717) is 6.07 Å². The van der Waals surface area contributed by atoms with Crippen LogP contribution in [0.3, 0.4) is 0 Å². The predicted octanol–water partition coefficient (Wildman–Crippen LogP) is 1.76. The van der Waals surface area contributed by atoms with Crippen molar-refractivity contribution >= 4 is 27.2 Å². The first-order valence-electron chi connectivity index (χ1n) is 4.20. The summed E-state index contributed by atoms with van der Waals surface area (Å²) in [6.07, 6.45) is 0. The smallest absolute Gasteiger partial charge is 0.304 e.